The van der Waals surface area contributed by atoms with E-state index in [-0.39, 0.29) is 0 Å². The Morgan fingerprint density at radius 3 is 3.00 bits per heavy atom. The van der Waals surface area contributed by atoms with Crippen molar-refractivity contribution in [2.75, 3.05) is 5.73 Å². The smallest absolute Gasteiger partial charge is 0.114 e. The van der Waals surface area contributed by atoms with Crippen LogP contribution in [0.5, 0.6) is 0 Å². The zero-order valence-corrected chi connectivity index (χ0v) is 8.08. The SMILES string of the molecule is Cc1nn(Cc2nccs2)cc1N. The summed E-state index contributed by atoms with van der Waals surface area (Å²) >= 11 is 1.62. The maximum absolute atomic E-state index is 5.67. The van der Waals surface area contributed by atoms with E-state index in [4.69, 9.17) is 5.73 Å². The molecule has 5 heteroatoms. The van der Waals surface area contributed by atoms with Gasteiger partial charge in [0.1, 0.15) is 5.01 Å². The fourth-order valence-corrected chi connectivity index (χ4v) is 1.69. The standard InChI is InChI=1S/C8H10N4S/c1-6-7(9)4-12(11-6)5-8-10-2-3-13-8/h2-4H,5,9H2,1H3. The van der Waals surface area contributed by atoms with Gasteiger partial charge in [-0.2, -0.15) is 5.10 Å². The van der Waals surface area contributed by atoms with Crippen LogP contribution in [0, 0.1) is 6.92 Å². The molecule has 0 aliphatic heterocycles. The van der Waals surface area contributed by atoms with Crippen LogP contribution in [0.2, 0.25) is 0 Å². The first kappa shape index (κ1) is 8.25. The Morgan fingerprint density at radius 2 is 2.46 bits per heavy atom. The maximum atomic E-state index is 5.67. The van der Waals surface area contributed by atoms with Crippen molar-refractivity contribution in [3.8, 4) is 0 Å². The normalized spacial score (nSPS) is 10.5. The molecule has 0 saturated carbocycles. The first-order valence-electron chi connectivity index (χ1n) is 3.93. The molecule has 2 heterocycles. The third-order valence-corrected chi connectivity index (χ3v) is 2.53. The second-order valence-corrected chi connectivity index (χ2v) is 3.77. The van der Waals surface area contributed by atoms with Crippen molar-refractivity contribution in [2.45, 2.75) is 13.5 Å². The van der Waals surface area contributed by atoms with Crippen LogP contribution >= 0.6 is 11.3 Å². The summed E-state index contributed by atoms with van der Waals surface area (Å²) in [5.74, 6) is 0. The van der Waals surface area contributed by atoms with Gasteiger partial charge >= 0.3 is 0 Å². The molecule has 68 valence electrons. The summed E-state index contributed by atoms with van der Waals surface area (Å²) in [6, 6.07) is 0. The van der Waals surface area contributed by atoms with E-state index >= 15 is 0 Å². The summed E-state index contributed by atoms with van der Waals surface area (Å²) in [5, 5.41) is 7.24. The molecule has 2 aromatic rings. The summed E-state index contributed by atoms with van der Waals surface area (Å²) in [4.78, 5) is 4.17. The zero-order chi connectivity index (χ0) is 9.26. The average molecular weight is 194 g/mol. The second-order valence-electron chi connectivity index (χ2n) is 2.79. The van der Waals surface area contributed by atoms with Crippen molar-refractivity contribution in [2.24, 2.45) is 0 Å². The Balaban J connectivity index is 2.19. The summed E-state index contributed by atoms with van der Waals surface area (Å²) in [6.45, 7) is 2.60. The largest absolute Gasteiger partial charge is 0.396 e. The van der Waals surface area contributed by atoms with Crippen molar-refractivity contribution in [3.63, 3.8) is 0 Å². The molecule has 0 saturated heterocycles. The predicted molar refractivity (Wildman–Crippen MR) is 52.6 cm³/mol. The maximum Gasteiger partial charge on any atom is 0.114 e. The second kappa shape index (κ2) is 3.18. The van der Waals surface area contributed by atoms with Crippen LogP contribution < -0.4 is 5.73 Å². The van der Waals surface area contributed by atoms with Gasteiger partial charge in [0.2, 0.25) is 0 Å². The van der Waals surface area contributed by atoms with E-state index in [1.807, 2.05) is 23.2 Å². The number of rotatable bonds is 2. The van der Waals surface area contributed by atoms with Gasteiger partial charge in [0.15, 0.2) is 0 Å². The van der Waals surface area contributed by atoms with Gasteiger partial charge in [0.25, 0.3) is 0 Å². The number of nitrogen functional groups attached to an aromatic ring is 1. The van der Waals surface area contributed by atoms with Gasteiger partial charge in [-0.05, 0) is 6.92 Å². The molecule has 2 N–H and O–H groups in total. The molecule has 0 spiro atoms. The highest BCUT2D eigenvalue weighted by atomic mass is 32.1. The van der Waals surface area contributed by atoms with Crippen LogP contribution in [0.15, 0.2) is 17.8 Å². The summed E-state index contributed by atoms with van der Waals surface area (Å²) < 4.78 is 1.81. The predicted octanol–water partition coefficient (Wildman–Crippen LogP) is 1.28. The Bertz CT molecular complexity index is 371. The minimum atomic E-state index is 0.704. The highest BCUT2D eigenvalue weighted by Gasteiger charge is 2.02. The molecule has 2 rings (SSSR count). The lowest BCUT2D eigenvalue weighted by molar-refractivity contribution is 0.676. The van der Waals surface area contributed by atoms with Crippen molar-refractivity contribution in [1.29, 1.82) is 0 Å². The number of hydrogen-bond acceptors (Lipinski definition) is 4. The molecule has 4 nitrogen and oxygen atoms in total. The summed E-state index contributed by atoms with van der Waals surface area (Å²) in [6.07, 6.45) is 3.62. The highest BCUT2D eigenvalue weighted by molar-refractivity contribution is 7.09. The van der Waals surface area contributed by atoms with Gasteiger partial charge in [-0.1, -0.05) is 0 Å². The molecule has 0 fully saturated rings. The first-order valence-corrected chi connectivity index (χ1v) is 4.81. The van der Waals surface area contributed by atoms with E-state index in [0.29, 0.717) is 6.54 Å². The molecule has 0 amide bonds. The fourth-order valence-electron chi connectivity index (χ4n) is 1.08. The van der Waals surface area contributed by atoms with Crippen molar-refractivity contribution in [1.82, 2.24) is 14.8 Å². The van der Waals surface area contributed by atoms with E-state index in [0.717, 1.165) is 16.4 Å². The molecule has 0 unspecified atom stereocenters. The van der Waals surface area contributed by atoms with Crippen LogP contribution in [-0.4, -0.2) is 14.8 Å². The van der Waals surface area contributed by atoms with E-state index in [1.165, 1.54) is 0 Å². The van der Waals surface area contributed by atoms with Gasteiger partial charge in [0, 0.05) is 17.8 Å². The van der Waals surface area contributed by atoms with Gasteiger partial charge in [-0.25, -0.2) is 4.98 Å². The molecule has 0 radical (unpaired) electrons. The lowest BCUT2D eigenvalue weighted by Gasteiger charge is -1.95. The lowest BCUT2D eigenvalue weighted by Crippen LogP contribution is -1.99. The number of aromatic nitrogens is 3. The van der Waals surface area contributed by atoms with Gasteiger partial charge in [-0.15, -0.1) is 11.3 Å². The molecule has 0 atom stereocenters. The van der Waals surface area contributed by atoms with Gasteiger partial charge in [-0.3, -0.25) is 4.68 Å². The molecule has 0 aromatic carbocycles. The van der Waals surface area contributed by atoms with Crippen LogP contribution in [0.3, 0.4) is 0 Å². The molecule has 0 aliphatic carbocycles. The summed E-state index contributed by atoms with van der Waals surface area (Å²) in [7, 11) is 0. The van der Waals surface area contributed by atoms with Crippen molar-refractivity contribution >= 4 is 17.0 Å². The lowest BCUT2D eigenvalue weighted by atomic mass is 10.4. The number of nitrogens with zero attached hydrogens (tertiary/aromatic N) is 3. The number of nitrogens with two attached hydrogens (primary N) is 1. The Hall–Kier alpha value is -1.36. The molecule has 2 aromatic heterocycles. The van der Waals surface area contributed by atoms with Gasteiger partial charge in [0.05, 0.1) is 17.9 Å². The topological polar surface area (TPSA) is 56.7 Å². The number of hydrogen-bond donors (Lipinski definition) is 1. The minimum Gasteiger partial charge on any atom is -0.396 e. The Morgan fingerprint density at radius 1 is 1.62 bits per heavy atom. The molecular formula is C8H10N4S. The van der Waals surface area contributed by atoms with Crippen molar-refractivity contribution in [3.05, 3.63) is 28.5 Å². The van der Waals surface area contributed by atoms with Crippen molar-refractivity contribution < 1.29 is 0 Å². The highest BCUT2D eigenvalue weighted by Crippen LogP contribution is 2.10. The Labute approximate surface area is 80.0 Å². The van der Waals surface area contributed by atoms with E-state index < -0.39 is 0 Å². The van der Waals surface area contributed by atoms with Crippen LogP contribution in [0.4, 0.5) is 5.69 Å². The molecular weight excluding hydrogens is 184 g/mol. The molecule has 13 heavy (non-hydrogen) atoms. The monoisotopic (exact) mass is 194 g/mol. The van der Waals surface area contributed by atoms with Gasteiger partial charge < -0.3 is 5.73 Å². The fraction of sp³-hybridized carbons (Fsp3) is 0.250. The third kappa shape index (κ3) is 1.70. The number of thiazole rings is 1. The van der Waals surface area contributed by atoms with E-state index in [2.05, 4.69) is 10.1 Å². The van der Waals surface area contributed by atoms with Crippen LogP contribution in [-0.2, 0) is 6.54 Å². The zero-order valence-electron chi connectivity index (χ0n) is 7.27. The average Bonchev–Trinajstić information content (AvgIpc) is 2.64. The summed E-state index contributed by atoms with van der Waals surface area (Å²) in [5.41, 5.74) is 7.27. The van der Waals surface area contributed by atoms with E-state index in [1.54, 1.807) is 17.5 Å². The quantitative estimate of drug-likeness (QED) is 0.783. The number of aryl methyl sites for hydroxylation is 1. The minimum absolute atomic E-state index is 0.704. The first-order chi connectivity index (χ1) is 6.25. The van der Waals surface area contributed by atoms with Crippen LogP contribution in [0.25, 0.3) is 0 Å². The number of anilines is 1. The molecule has 0 bridgehead atoms. The Kier molecular flexibility index (Phi) is 2.02. The third-order valence-electron chi connectivity index (χ3n) is 1.77. The molecule has 0 aliphatic rings. The van der Waals surface area contributed by atoms with Crippen LogP contribution in [0.1, 0.15) is 10.7 Å². The van der Waals surface area contributed by atoms with E-state index in [9.17, 15) is 0 Å².